The molecule has 0 radical (unpaired) electrons. The number of halogens is 3. The van der Waals surface area contributed by atoms with Crippen molar-refractivity contribution < 1.29 is 13.2 Å². The third-order valence-corrected chi connectivity index (χ3v) is 2.74. The van der Waals surface area contributed by atoms with E-state index in [1.807, 2.05) is 0 Å². The van der Waals surface area contributed by atoms with Crippen molar-refractivity contribution in [2.24, 2.45) is 17.8 Å². The normalized spacial score (nSPS) is 43.4. The molecule has 4 heteroatoms. The van der Waals surface area contributed by atoms with Crippen molar-refractivity contribution >= 4 is 0 Å². The summed E-state index contributed by atoms with van der Waals surface area (Å²) in [6.45, 7) is 1.32. The molecule has 1 saturated heterocycles. The van der Waals surface area contributed by atoms with Gasteiger partial charge in [0.25, 0.3) is 0 Å². The molecular formula is C7H10F3N. The first-order chi connectivity index (χ1) is 5.11. The van der Waals surface area contributed by atoms with E-state index in [1.165, 1.54) is 0 Å². The molecule has 1 heterocycles. The first-order valence-electron chi connectivity index (χ1n) is 3.88. The van der Waals surface area contributed by atoms with Crippen molar-refractivity contribution in [3.05, 3.63) is 0 Å². The highest BCUT2D eigenvalue weighted by Gasteiger charge is 2.63. The Hall–Kier alpha value is -0.250. The van der Waals surface area contributed by atoms with E-state index in [4.69, 9.17) is 0 Å². The summed E-state index contributed by atoms with van der Waals surface area (Å²) in [6, 6.07) is 0. The smallest absolute Gasteiger partial charge is 0.316 e. The topological polar surface area (TPSA) is 12.0 Å². The zero-order chi connectivity index (χ0) is 8.06. The predicted octanol–water partition coefficient (Wildman–Crippen LogP) is 1.40. The summed E-state index contributed by atoms with van der Waals surface area (Å²) < 4.78 is 36.3. The van der Waals surface area contributed by atoms with Crippen LogP contribution in [0.1, 0.15) is 6.42 Å². The van der Waals surface area contributed by atoms with Crippen LogP contribution in [-0.4, -0.2) is 19.3 Å². The summed E-state index contributed by atoms with van der Waals surface area (Å²) in [4.78, 5) is 0. The zero-order valence-electron chi connectivity index (χ0n) is 5.99. The first-order valence-corrected chi connectivity index (χ1v) is 3.88. The molecular weight excluding hydrogens is 155 g/mol. The number of hydrogen-bond acceptors (Lipinski definition) is 1. The van der Waals surface area contributed by atoms with Gasteiger partial charge in [-0.15, -0.1) is 0 Å². The largest absolute Gasteiger partial charge is 0.392 e. The van der Waals surface area contributed by atoms with Gasteiger partial charge in [0.1, 0.15) is 0 Å². The Labute approximate surface area is 63.0 Å². The van der Waals surface area contributed by atoms with Gasteiger partial charge in [0.05, 0.1) is 5.92 Å². The van der Waals surface area contributed by atoms with Crippen molar-refractivity contribution in [3.63, 3.8) is 0 Å². The molecule has 0 aromatic carbocycles. The quantitative estimate of drug-likeness (QED) is 0.572. The minimum atomic E-state index is -3.94. The average Bonchev–Trinajstić information content (AvgIpc) is 2.58. The maximum Gasteiger partial charge on any atom is 0.392 e. The van der Waals surface area contributed by atoms with Crippen LogP contribution in [0.4, 0.5) is 13.2 Å². The van der Waals surface area contributed by atoms with Crippen LogP contribution in [0.3, 0.4) is 0 Å². The fraction of sp³-hybridized carbons (Fsp3) is 1.00. The van der Waals surface area contributed by atoms with E-state index >= 15 is 0 Å². The van der Waals surface area contributed by atoms with Gasteiger partial charge in [0.15, 0.2) is 0 Å². The Balaban J connectivity index is 2.00. The van der Waals surface area contributed by atoms with Gasteiger partial charge in [-0.05, 0) is 31.3 Å². The van der Waals surface area contributed by atoms with E-state index in [0.717, 1.165) is 6.54 Å². The lowest BCUT2D eigenvalue weighted by molar-refractivity contribution is -0.153. The van der Waals surface area contributed by atoms with E-state index in [1.54, 1.807) is 0 Å². The molecule has 0 bridgehead atoms. The molecule has 2 rings (SSSR count). The van der Waals surface area contributed by atoms with E-state index < -0.39 is 12.1 Å². The molecule has 1 aliphatic heterocycles. The number of rotatable bonds is 0. The summed E-state index contributed by atoms with van der Waals surface area (Å²) in [5.74, 6) is -1.16. The third kappa shape index (κ3) is 1.13. The molecule has 0 aromatic rings. The lowest BCUT2D eigenvalue weighted by Gasteiger charge is -2.07. The van der Waals surface area contributed by atoms with Crippen LogP contribution < -0.4 is 5.32 Å². The molecule has 64 valence electrons. The Bertz CT molecular complexity index is 154. The molecule has 2 aliphatic rings. The monoisotopic (exact) mass is 165 g/mol. The van der Waals surface area contributed by atoms with Gasteiger partial charge in [0.2, 0.25) is 0 Å². The molecule has 3 unspecified atom stereocenters. The Morgan fingerprint density at radius 1 is 1.18 bits per heavy atom. The van der Waals surface area contributed by atoms with Crippen LogP contribution in [0.15, 0.2) is 0 Å². The number of nitrogens with one attached hydrogen (secondary N) is 1. The molecule has 1 aliphatic carbocycles. The Morgan fingerprint density at radius 3 is 2.36 bits per heavy atom. The molecule has 0 spiro atoms. The standard InChI is InChI=1S/C7H10F3N/c8-7(9,10)6-4-1-2-11-3-5(4)6/h4-6,11H,1-3H2. The molecule has 11 heavy (non-hydrogen) atoms. The van der Waals surface area contributed by atoms with Crippen molar-refractivity contribution in [3.8, 4) is 0 Å². The average molecular weight is 165 g/mol. The Morgan fingerprint density at radius 2 is 1.91 bits per heavy atom. The molecule has 1 N–H and O–H groups in total. The summed E-state index contributed by atoms with van der Waals surface area (Å²) in [7, 11) is 0. The molecule has 0 aromatic heterocycles. The second-order valence-corrected chi connectivity index (χ2v) is 3.39. The van der Waals surface area contributed by atoms with Gasteiger partial charge in [-0.1, -0.05) is 0 Å². The maximum absolute atomic E-state index is 12.1. The van der Waals surface area contributed by atoms with Crippen LogP contribution in [0.5, 0.6) is 0 Å². The van der Waals surface area contributed by atoms with Crippen LogP contribution in [0.25, 0.3) is 0 Å². The molecule has 1 nitrogen and oxygen atoms in total. The highest BCUT2D eigenvalue weighted by atomic mass is 19.4. The zero-order valence-corrected chi connectivity index (χ0v) is 5.99. The van der Waals surface area contributed by atoms with Crippen LogP contribution in [-0.2, 0) is 0 Å². The van der Waals surface area contributed by atoms with Crippen LogP contribution in [0.2, 0.25) is 0 Å². The van der Waals surface area contributed by atoms with E-state index in [0.29, 0.717) is 13.0 Å². The predicted molar refractivity (Wildman–Crippen MR) is 34.0 cm³/mol. The summed E-state index contributed by atoms with van der Waals surface area (Å²) in [6.07, 6.45) is -3.24. The summed E-state index contributed by atoms with van der Waals surface area (Å²) >= 11 is 0. The van der Waals surface area contributed by atoms with Gasteiger partial charge in [-0.2, -0.15) is 13.2 Å². The molecule has 1 saturated carbocycles. The number of hydrogen-bond donors (Lipinski definition) is 1. The lowest BCUT2D eigenvalue weighted by atomic mass is 10.2. The summed E-state index contributed by atoms with van der Waals surface area (Å²) in [5, 5.41) is 2.98. The lowest BCUT2D eigenvalue weighted by Crippen LogP contribution is -2.24. The van der Waals surface area contributed by atoms with Gasteiger partial charge < -0.3 is 5.32 Å². The molecule has 3 atom stereocenters. The molecule has 0 amide bonds. The van der Waals surface area contributed by atoms with Crippen LogP contribution in [0, 0.1) is 17.8 Å². The van der Waals surface area contributed by atoms with E-state index in [2.05, 4.69) is 5.32 Å². The fourth-order valence-electron chi connectivity index (χ4n) is 2.14. The van der Waals surface area contributed by atoms with Gasteiger partial charge in [-0.3, -0.25) is 0 Å². The third-order valence-electron chi connectivity index (χ3n) is 2.74. The second-order valence-electron chi connectivity index (χ2n) is 3.39. The van der Waals surface area contributed by atoms with Gasteiger partial charge in [0, 0.05) is 0 Å². The Kier molecular flexibility index (Phi) is 1.43. The SMILES string of the molecule is FC(F)(F)C1C2CCNCC21. The van der Waals surface area contributed by atoms with Gasteiger partial charge >= 0.3 is 6.18 Å². The first kappa shape index (κ1) is 7.40. The minimum absolute atomic E-state index is 0.0590. The number of fused-ring (bicyclic) bond motifs is 1. The number of alkyl halides is 3. The van der Waals surface area contributed by atoms with Gasteiger partial charge in [-0.25, -0.2) is 0 Å². The van der Waals surface area contributed by atoms with Crippen molar-refractivity contribution in [1.29, 1.82) is 0 Å². The van der Waals surface area contributed by atoms with Crippen molar-refractivity contribution in [2.45, 2.75) is 12.6 Å². The molecule has 2 fully saturated rings. The minimum Gasteiger partial charge on any atom is -0.316 e. The number of piperidine rings is 1. The highest BCUT2D eigenvalue weighted by Crippen LogP contribution is 2.57. The highest BCUT2D eigenvalue weighted by molar-refractivity contribution is 5.04. The van der Waals surface area contributed by atoms with E-state index in [9.17, 15) is 13.2 Å². The van der Waals surface area contributed by atoms with Crippen LogP contribution >= 0.6 is 0 Å². The maximum atomic E-state index is 12.1. The fourth-order valence-corrected chi connectivity index (χ4v) is 2.14. The summed E-state index contributed by atoms with van der Waals surface area (Å²) in [5.41, 5.74) is 0. The second kappa shape index (κ2) is 2.12. The van der Waals surface area contributed by atoms with E-state index in [-0.39, 0.29) is 11.8 Å². The van der Waals surface area contributed by atoms with Crippen molar-refractivity contribution in [1.82, 2.24) is 5.32 Å². The van der Waals surface area contributed by atoms with Crippen molar-refractivity contribution in [2.75, 3.05) is 13.1 Å².